The second kappa shape index (κ2) is 8.05. The van der Waals surface area contributed by atoms with Crippen molar-refractivity contribution in [3.8, 4) is 0 Å². The highest BCUT2D eigenvalue weighted by atomic mass is 16.2. The number of nitrogens with one attached hydrogen (secondary N) is 2. The molecule has 7 nitrogen and oxygen atoms in total. The molecule has 26 heavy (non-hydrogen) atoms. The van der Waals surface area contributed by atoms with Crippen LogP contribution in [0.25, 0.3) is 0 Å². The van der Waals surface area contributed by atoms with E-state index in [0.29, 0.717) is 11.3 Å². The lowest BCUT2D eigenvalue weighted by atomic mass is 10.1. The minimum Gasteiger partial charge on any atom is -0.330 e. The molecule has 1 amide bonds. The summed E-state index contributed by atoms with van der Waals surface area (Å²) >= 11 is 0. The Morgan fingerprint density at radius 3 is 2.42 bits per heavy atom. The van der Waals surface area contributed by atoms with Crippen LogP contribution in [0, 0.1) is 0 Å². The van der Waals surface area contributed by atoms with Gasteiger partial charge in [0.15, 0.2) is 11.8 Å². The van der Waals surface area contributed by atoms with E-state index in [1.807, 2.05) is 13.0 Å². The van der Waals surface area contributed by atoms with Crippen molar-refractivity contribution in [2.75, 3.05) is 36.4 Å². The molecule has 0 unspecified atom stereocenters. The third kappa shape index (κ3) is 4.05. The molecule has 0 bridgehead atoms. The first kappa shape index (κ1) is 18.0. The Kier molecular flexibility index (Phi) is 5.58. The number of hydrogen-bond acceptors (Lipinski definition) is 5. The molecule has 1 atom stereocenters. The highest BCUT2D eigenvalue weighted by Crippen LogP contribution is 2.15. The third-order valence-corrected chi connectivity index (χ3v) is 4.81. The molecule has 1 fully saturated rings. The van der Waals surface area contributed by atoms with Crippen LogP contribution in [0.5, 0.6) is 0 Å². The molecule has 136 valence electrons. The van der Waals surface area contributed by atoms with Gasteiger partial charge >= 0.3 is 0 Å². The fourth-order valence-electron chi connectivity index (χ4n) is 3.21. The van der Waals surface area contributed by atoms with E-state index < -0.39 is 0 Å². The van der Waals surface area contributed by atoms with E-state index in [-0.39, 0.29) is 17.7 Å². The van der Waals surface area contributed by atoms with Crippen LogP contribution >= 0.6 is 0 Å². The fraction of sp³-hybridized carbons (Fsp3) is 0.368. The number of hydrogen-bond donors (Lipinski definition) is 2. The zero-order chi connectivity index (χ0) is 18.5. The van der Waals surface area contributed by atoms with Crippen molar-refractivity contribution in [2.45, 2.75) is 19.9 Å². The summed E-state index contributed by atoms with van der Waals surface area (Å²) in [5.74, 6) is 0.606. The number of anilines is 2. The predicted octanol–water partition coefficient (Wildman–Crippen LogP) is 0.411. The van der Waals surface area contributed by atoms with Crippen LogP contribution in [0.4, 0.5) is 11.6 Å². The molecule has 1 aromatic heterocycles. The monoisotopic (exact) mass is 354 g/mol. The zero-order valence-corrected chi connectivity index (χ0v) is 15.1. The predicted molar refractivity (Wildman–Crippen MR) is 99.5 cm³/mol. The molecule has 0 spiro atoms. The van der Waals surface area contributed by atoms with Crippen LogP contribution in [0.3, 0.4) is 0 Å². The number of quaternary nitrogens is 1. The Labute approximate surface area is 153 Å². The molecule has 0 radical (unpaired) electrons. The second-order valence-corrected chi connectivity index (χ2v) is 6.51. The van der Waals surface area contributed by atoms with E-state index >= 15 is 0 Å². The van der Waals surface area contributed by atoms with E-state index in [1.54, 1.807) is 36.7 Å². The van der Waals surface area contributed by atoms with Gasteiger partial charge in [-0.3, -0.25) is 9.59 Å². The highest BCUT2D eigenvalue weighted by molar-refractivity contribution is 6.04. The molecule has 0 saturated carbocycles. The van der Waals surface area contributed by atoms with Crippen molar-refractivity contribution in [3.63, 3.8) is 0 Å². The normalized spacial score (nSPS) is 16.2. The zero-order valence-electron chi connectivity index (χ0n) is 15.1. The number of amides is 1. The molecule has 1 aliphatic heterocycles. The minimum atomic E-state index is -0.200. The molecule has 1 aliphatic rings. The molecule has 2 aromatic rings. The Morgan fingerprint density at radius 2 is 1.77 bits per heavy atom. The number of ketones is 1. The standard InChI is InChI=1S/C19H23N5O2/c1-14(18(26)22-17-7-4-3-6-16(17)15(2)25)23-10-12-24(13-11-23)19-20-8-5-9-21-19/h3-9,14H,10-13H2,1-2H3,(H,22,26)/p+1/t14-/m0/s1. The molecule has 1 saturated heterocycles. The van der Waals surface area contributed by atoms with E-state index in [9.17, 15) is 9.59 Å². The van der Waals surface area contributed by atoms with Crippen molar-refractivity contribution in [2.24, 2.45) is 0 Å². The molecule has 2 heterocycles. The smallest absolute Gasteiger partial charge is 0.282 e. The minimum absolute atomic E-state index is 0.0580. The molecule has 0 aliphatic carbocycles. The van der Waals surface area contributed by atoms with Crippen LogP contribution in [-0.2, 0) is 4.79 Å². The van der Waals surface area contributed by atoms with Crippen molar-refractivity contribution in [1.29, 1.82) is 0 Å². The van der Waals surface area contributed by atoms with Crippen LogP contribution in [0.15, 0.2) is 42.7 Å². The number of para-hydroxylation sites is 1. The van der Waals surface area contributed by atoms with Gasteiger partial charge in [0.2, 0.25) is 5.95 Å². The highest BCUT2D eigenvalue weighted by Gasteiger charge is 2.30. The van der Waals surface area contributed by atoms with Gasteiger partial charge in [-0.25, -0.2) is 9.97 Å². The lowest BCUT2D eigenvalue weighted by molar-refractivity contribution is -0.914. The van der Waals surface area contributed by atoms with E-state index in [4.69, 9.17) is 0 Å². The molecule has 2 N–H and O–H groups in total. The summed E-state index contributed by atoms with van der Waals surface area (Å²) in [6, 6.07) is 8.71. The van der Waals surface area contributed by atoms with Gasteiger partial charge in [0.25, 0.3) is 5.91 Å². The van der Waals surface area contributed by atoms with E-state index in [2.05, 4.69) is 20.2 Å². The van der Waals surface area contributed by atoms with Crippen LogP contribution in [0.1, 0.15) is 24.2 Å². The molecular weight excluding hydrogens is 330 g/mol. The lowest BCUT2D eigenvalue weighted by Crippen LogP contribution is -3.19. The van der Waals surface area contributed by atoms with Crippen LogP contribution < -0.4 is 15.1 Å². The number of carbonyl (C=O) groups is 2. The number of Topliss-reactive ketones (excluding diaryl/α,β-unsaturated/α-hetero) is 1. The molecule has 1 aromatic carbocycles. The van der Waals surface area contributed by atoms with Gasteiger partial charge in [-0.1, -0.05) is 12.1 Å². The van der Waals surface area contributed by atoms with Crippen molar-refractivity contribution < 1.29 is 14.5 Å². The maximum atomic E-state index is 12.7. The number of piperazine rings is 1. The Morgan fingerprint density at radius 1 is 1.12 bits per heavy atom. The van der Waals surface area contributed by atoms with Gasteiger partial charge in [-0.2, -0.15) is 0 Å². The summed E-state index contributed by atoms with van der Waals surface area (Å²) in [5, 5.41) is 2.91. The molecular formula is C19H24N5O2+. The van der Waals surface area contributed by atoms with Gasteiger partial charge < -0.3 is 15.1 Å². The van der Waals surface area contributed by atoms with Crippen molar-refractivity contribution in [3.05, 3.63) is 48.3 Å². The third-order valence-electron chi connectivity index (χ3n) is 4.81. The van der Waals surface area contributed by atoms with Crippen LogP contribution in [0.2, 0.25) is 0 Å². The van der Waals surface area contributed by atoms with Gasteiger partial charge in [0.1, 0.15) is 0 Å². The maximum Gasteiger partial charge on any atom is 0.282 e. The summed E-state index contributed by atoms with van der Waals surface area (Å²) in [6.45, 7) is 6.71. The average Bonchev–Trinajstić information content (AvgIpc) is 2.68. The molecule has 3 rings (SSSR count). The first-order valence-corrected chi connectivity index (χ1v) is 8.83. The SMILES string of the molecule is CC(=O)c1ccccc1NC(=O)[C@H](C)[NH+]1CCN(c2ncccn2)CC1. The maximum absolute atomic E-state index is 12.7. The van der Waals surface area contributed by atoms with Gasteiger partial charge in [0.05, 0.1) is 31.9 Å². The van der Waals surface area contributed by atoms with Crippen molar-refractivity contribution in [1.82, 2.24) is 9.97 Å². The summed E-state index contributed by atoms with van der Waals surface area (Å²) in [6.07, 6.45) is 3.48. The average molecular weight is 354 g/mol. The number of aromatic nitrogens is 2. The van der Waals surface area contributed by atoms with E-state index in [0.717, 1.165) is 32.1 Å². The van der Waals surface area contributed by atoms with E-state index in [1.165, 1.54) is 11.8 Å². The summed E-state index contributed by atoms with van der Waals surface area (Å²) in [5.41, 5.74) is 1.11. The second-order valence-electron chi connectivity index (χ2n) is 6.51. The van der Waals surface area contributed by atoms with Gasteiger partial charge in [-0.05, 0) is 32.0 Å². The lowest BCUT2D eigenvalue weighted by Gasteiger charge is -2.34. The summed E-state index contributed by atoms with van der Waals surface area (Å²) in [4.78, 5) is 36.3. The van der Waals surface area contributed by atoms with Crippen molar-refractivity contribution >= 4 is 23.3 Å². The number of nitrogens with zero attached hydrogens (tertiary/aromatic N) is 3. The quantitative estimate of drug-likeness (QED) is 0.761. The molecule has 7 heteroatoms. The first-order chi connectivity index (χ1) is 12.6. The Hall–Kier alpha value is -2.80. The Bertz CT molecular complexity index is 773. The number of rotatable bonds is 5. The summed E-state index contributed by atoms with van der Waals surface area (Å²) < 4.78 is 0. The summed E-state index contributed by atoms with van der Waals surface area (Å²) in [7, 11) is 0. The van der Waals surface area contributed by atoms with Crippen LogP contribution in [-0.4, -0.2) is 53.9 Å². The number of benzene rings is 1. The fourth-order valence-corrected chi connectivity index (χ4v) is 3.21. The Balaban J connectivity index is 1.59. The number of carbonyl (C=O) groups excluding carboxylic acids is 2. The topological polar surface area (TPSA) is 79.6 Å². The largest absolute Gasteiger partial charge is 0.330 e. The van der Waals surface area contributed by atoms with Gasteiger partial charge in [-0.15, -0.1) is 0 Å². The van der Waals surface area contributed by atoms with Gasteiger partial charge in [0, 0.05) is 18.0 Å². The first-order valence-electron chi connectivity index (χ1n) is 8.83.